The van der Waals surface area contributed by atoms with E-state index in [2.05, 4.69) is 10.2 Å². The van der Waals surface area contributed by atoms with E-state index in [1.165, 1.54) is 13.8 Å². The maximum Gasteiger partial charge on any atom is 0.303 e. The van der Waals surface area contributed by atoms with Crippen molar-refractivity contribution < 1.29 is 19.1 Å². The summed E-state index contributed by atoms with van der Waals surface area (Å²) in [7, 11) is 0. The number of carbonyl (C=O) groups excluding carboxylic acids is 2. The Hall–Kier alpha value is -2.58. The monoisotopic (exact) mass is 419 g/mol. The van der Waals surface area contributed by atoms with E-state index in [0.717, 1.165) is 5.56 Å². The van der Waals surface area contributed by atoms with E-state index in [-0.39, 0.29) is 24.3 Å². The quantitative estimate of drug-likeness (QED) is 0.518. The number of nitrogens with two attached hydrogens (primary N) is 1. The Morgan fingerprint density at radius 3 is 2.31 bits per heavy atom. The van der Waals surface area contributed by atoms with Crippen molar-refractivity contribution in [1.29, 1.82) is 0 Å². The van der Waals surface area contributed by atoms with Crippen molar-refractivity contribution in [2.45, 2.75) is 52.7 Å². The van der Waals surface area contributed by atoms with Gasteiger partial charge in [-0.1, -0.05) is 24.4 Å². The smallest absolute Gasteiger partial charge is 0.303 e. The molecule has 0 fully saturated rings. The molecule has 1 aromatic carbocycles. The number of ether oxygens (including phenoxy) is 2. The van der Waals surface area contributed by atoms with Crippen LogP contribution in [-0.4, -0.2) is 40.2 Å². The summed E-state index contributed by atoms with van der Waals surface area (Å²) in [6.07, 6.45) is -0.513. The molecule has 158 valence electrons. The first kappa shape index (κ1) is 24.5. The average molecular weight is 420 g/mol. The van der Waals surface area contributed by atoms with E-state index in [1.807, 2.05) is 39.0 Å². The number of aromatic amines is 1. The van der Waals surface area contributed by atoms with Gasteiger partial charge in [0, 0.05) is 24.4 Å². The van der Waals surface area contributed by atoms with Crippen LogP contribution in [0.15, 0.2) is 36.4 Å². The molecule has 1 unspecified atom stereocenters. The summed E-state index contributed by atoms with van der Waals surface area (Å²) < 4.78 is 11.4. The Balaban J connectivity index is 0.000000749. The van der Waals surface area contributed by atoms with Gasteiger partial charge in [0.05, 0.1) is 5.69 Å². The van der Waals surface area contributed by atoms with Crippen molar-refractivity contribution in [1.82, 2.24) is 10.2 Å². The molecule has 0 bridgehead atoms. The summed E-state index contributed by atoms with van der Waals surface area (Å²) in [5, 5.41) is 6.92. The van der Waals surface area contributed by atoms with Crippen LogP contribution in [-0.2, 0) is 14.3 Å². The second kappa shape index (κ2) is 11.4. The molecule has 29 heavy (non-hydrogen) atoms. The fourth-order valence-electron chi connectivity index (χ4n) is 2.17. The van der Waals surface area contributed by atoms with Gasteiger partial charge < -0.3 is 15.2 Å². The number of aromatic nitrogens is 2. The maximum absolute atomic E-state index is 11.3. The van der Waals surface area contributed by atoms with Gasteiger partial charge in [0.1, 0.15) is 28.9 Å². The molecule has 0 spiro atoms. The number of para-hydroxylation sites is 1. The molecule has 0 radical (unpaired) electrons. The fraction of sp³-hybridized carbons (Fsp3) is 0.429. The molecule has 3 N–H and O–H groups in total. The largest absolute Gasteiger partial charge is 0.489 e. The van der Waals surface area contributed by atoms with Gasteiger partial charge in [-0.05, 0) is 52.0 Å². The van der Waals surface area contributed by atoms with Crippen LogP contribution >= 0.6 is 12.2 Å². The third kappa shape index (κ3) is 11.1. The van der Waals surface area contributed by atoms with Crippen molar-refractivity contribution in [2.75, 3.05) is 6.61 Å². The van der Waals surface area contributed by atoms with E-state index >= 15 is 0 Å². The van der Waals surface area contributed by atoms with Gasteiger partial charge in [0.2, 0.25) is 0 Å². The van der Waals surface area contributed by atoms with Gasteiger partial charge in [0.25, 0.3) is 0 Å². The van der Waals surface area contributed by atoms with E-state index in [4.69, 9.17) is 27.4 Å². The van der Waals surface area contributed by atoms with Crippen molar-refractivity contribution >= 4 is 24.0 Å². The molecule has 0 saturated heterocycles. The summed E-state index contributed by atoms with van der Waals surface area (Å²) in [4.78, 5) is 22.5. The molecule has 7 nitrogen and oxygen atoms in total. The van der Waals surface area contributed by atoms with Crippen LogP contribution in [0.25, 0.3) is 11.3 Å². The predicted octanol–water partition coefficient (Wildman–Crippen LogP) is 3.84. The lowest BCUT2D eigenvalue weighted by atomic mass is 10.1. The van der Waals surface area contributed by atoms with E-state index in [0.29, 0.717) is 16.1 Å². The Kier molecular flexibility index (Phi) is 9.64. The number of nitrogens with zero attached hydrogens (tertiary/aromatic N) is 1. The number of esters is 1. The summed E-state index contributed by atoms with van der Waals surface area (Å²) in [6.45, 7) is 8.73. The number of ketones is 1. The van der Waals surface area contributed by atoms with Gasteiger partial charge in [-0.3, -0.25) is 14.7 Å². The van der Waals surface area contributed by atoms with Gasteiger partial charge in [-0.25, -0.2) is 0 Å². The third-order valence-corrected chi connectivity index (χ3v) is 3.34. The van der Waals surface area contributed by atoms with Crippen molar-refractivity contribution in [2.24, 2.45) is 5.73 Å². The molecule has 8 heteroatoms. The zero-order chi connectivity index (χ0) is 22.0. The van der Waals surface area contributed by atoms with Crippen molar-refractivity contribution in [3.8, 4) is 17.0 Å². The third-order valence-electron chi connectivity index (χ3n) is 3.11. The first-order valence-corrected chi connectivity index (χ1v) is 9.60. The number of carbonyl (C=O) groups is 2. The molecule has 1 atom stereocenters. The lowest BCUT2D eigenvalue weighted by molar-refractivity contribution is -0.149. The molecule has 1 aromatic heterocycles. The number of nitrogens with one attached hydrogen (secondary N) is 1. The SMILES string of the molecule is CC(=O)CC(COc1ccccc1-c1ccc(=S)[nH]n1)OC(C)=O.CC(C)(C)N. The van der Waals surface area contributed by atoms with Gasteiger partial charge in [-0.2, -0.15) is 5.10 Å². The first-order valence-electron chi connectivity index (χ1n) is 9.19. The Bertz CT molecular complexity index is 832. The zero-order valence-electron chi connectivity index (χ0n) is 17.5. The second-order valence-corrected chi connectivity index (χ2v) is 8.06. The van der Waals surface area contributed by atoms with Gasteiger partial charge in [-0.15, -0.1) is 0 Å². The predicted molar refractivity (Wildman–Crippen MR) is 115 cm³/mol. The molecule has 2 rings (SSSR count). The molecule has 0 aliphatic heterocycles. The van der Waals surface area contributed by atoms with Crippen LogP contribution in [0.3, 0.4) is 0 Å². The number of hydrogen-bond donors (Lipinski definition) is 2. The summed E-state index contributed by atoms with van der Waals surface area (Å²) in [5.74, 6) is 0.0575. The van der Waals surface area contributed by atoms with Crippen molar-refractivity contribution in [3.05, 3.63) is 41.0 Å². The van der Waals surface area contributed by atoms with Gasteiger partial charge in [0.15, 0.2) is 0 Å². The van der Waals surface area contributed by atoms with Crippen LogP contribution in [0.4, 0.5) is 0 Å². The lowest BCUT2D eigenvalue weighted by Crippen LogP contribution is -2.26. The van der Waals surface area contributed by atoms with Gasteiger partial charge >= 0.3 is 5.97 Å². The van der Waals surface area contributed by atoms with Crippen LogP contribution < -0.4 is 10.5 Å². The number of benzene rings is 1. The Morgan fingerprint density at radius 2 is 1.79 bits per heavy atom. The topological polar surface area (TPSA) is 107 Å². The van der Waals surface area contributed by atoms with Crippen LogP contribution in [0.2, 0.25) is 0 Å². The molecule has 0 amide bonds. The molecule has 0 aliphatic carbocycles. The number of H-pyrrole nitrogens is 1. The summed E-state index contributed by atoms with van der Waals surface area (Å²) in [5.41, 5.74) is 6.80. The Labute approximate surface area is 176 Å². The van der Waals surface area contributed by atoms with Crippen molar-refractivity contribution in [3.63, 3.8) is 0 Å². The minimum absolute atomic E-state index is 0. The van der Waals surface area contributed by atoms with Crippen LogP contribution in [0.1, 0.15) is 41.0 Å². The Morgan fingerprint density at radius 1 is 1.17 bits per heavy atom. The number of hydrogen-bond acceptors (Lipinski definition) is 7. The molecule has 1 heterocycles. The number of rotatable bonds is 7. The van der Waals surface area contributed by atoms with E-state index in [1.54, 1.807) is 18.2 Å². The van der Waals surface area contributed by atoms with Crippen LogP contribution in [0.5, 0.6) is 5.75 Å². The number of Topliss-reactive ketones (excluding diaryl/α,β-unsaturated/α-hetero) is 1. The highest BCUT2D eigenvalue weighted by molar-refractivity contribution is 7.71. The highest BCUT2D eigenvalue weighted by atomic mass is 32.1. The molecule has 0 aliphatic rings. The highest BCUT2D eigenvalue weighted by Crippen LogP contribution is 2.28. The zero-order valence-corrected chi connectivity index (χ0v) is 18.3. The minimum atomic E-state index is -0.623. The minimum Gasteiger partial charge on any atom is -0.489 e. The van der Waals surface area contributed by atoms with E-state index in [9.17, 15) is 9.59 Å². The summed E-state index contributed by atoms with van der Waals surface area (Å²) >= 11 is 4.99. The maximum atomic E-state index is 11.3. The van der Waals surface area contributed by atoms with E-state index < -0.39 is 12.1 Å². The first-order chi connectivity index (χ1) is 13.5. The normalized spacial score (nSPS) is 11.7. The van der Waals surface area contributed by atoms with Crippen LogP contribution in [0, 0.1) is 4.64 Å². The highest BCUT2D eigenvalue weighted by Gasteiger charge is 2.17. The molecule has 0 saturated carbocycles. The molecular formula is C21H29N3O4S. The molecule has 2 aromatic rings. The lowest BCUT2D eigenvalue weighted by Gasteiger charge is -2.18. The second-order valence-electron chi connectivity index (χ2n) is 7.62. The molecular weight excluding hydrogens is 390 g/mol. The summed E-state index contributed by atoms with van der Waals surface area (Å²) in [6, 6.07) is 10.9. The fourth-order valence-corrected chi connectivity index (χ4v) is 2.28. The standard InChI is InChI=1S/C17H18N2O4S.C4H11N/c1-11(20)9-13(23-12(2)21)10-22-16-6-4-3-5-14(16)15-7-8-17(24)19-18-15;1-4(2,3)5/h3-8,13H,9-10H2,1-2H3,(H,19,24);5H2,1-3H3. The average Bonchev–Trinajstić information content (AvgIpc) is 2.58.